The largest absolute Gasteiger partial charge is 0.329 e. The summed E-state index contributed by atoms with van der Waals surface area (Å²) in [5.41, 5.74) is 7.00. The summed E-state index contributed by atoms with van der Waals surface area (Å²) in [6.45, 7) is 2.95. The van der Waals surface area contributed by atoms with Crippen LogP contribution in [0.3, 0.4) is 0 Å². The van der Waals surface area contributed by atoms with Crippen LogP contribution in [0.4, 0.5) is 0 Å². The van der Waals surface area contributed by atoms with Crippen molar-refractivity contribution in [3.05, 3.63) is 30.1 Å². The molecule has 1 aliphatic carbocycles. The smallest absolute Gasteiger partial charge is 0.0572 e. The van der Waals surface area contributed by atoms with E-state index in [4.69, 9.17) is 5.73 Å². The summed E-state index contributed by atoms with van der Waals surface area (Å²) in [6.07, 6.45) is 4.52. The van der Waals surface area contributed by atoms with E-state index in [0.29, 0.717) is 12.1 Å². The molecule has 1 aromatic rings. The van der Waals surface area contributed by atoms with Crippen molar-refractivity contribution in [2.45, 2.75) is 31.8 Å². The Bertz CT molecular complexity index is 321. The second-order valence-electron chi connectivity index (χ2n) is 4.74. The zero-order valence-electron chi connectivity index (χ0n) is 10.1. The van der Waals surface area contributed by atoms with Crippen LogP contribution in [0, 0.1) is 5.92 Å². The van der Waals surface area contributed by atoms with Gasteiger partial charge in [0.1, 0.15) is 0 Å². The summed E-state index contributed by atoms with van der Waals surface area (Å²) in [5.74, 6) is 0.807. The molecule has 0 aliphatic heterocycles. The first-order chi connectivity index (χ1) is 7.74. The van der Waals surface area contributed by atoms with E-state index in [9.17, 15) is 0 Å². The number of rotatable bonds is 5. The lowest BCUT2D eigenvalue weighted by molar-refractivity contribution is 0.167. The van der Waals surface area contributed by atoms with E-state index >= 15 is 0 Å². The molecule has 0 spiro atoms. The highest BCUT2D eigenvalue weighted by atomic mass is 15.2. The van der Waals surface area contributed by atoms with E-state index in [0.717, 1.165) is 18.2 Å². The molecule has 0 aromatic carbocycles. The molecule has 3 nitrogen and oxygen atoms in total. The van der Waals surface area contributed by atoms with Crippen molar-refractivity contribution < 1.29 is 0 Å². The highest BCUT2D eigenvalue weighted by Crippen LogP contribution is 2.36. The molecule has 3 heteroatoms. The van der Waals surface area contributed by atoms with Gasteiger partial charge in [0.25, 0.3) is 0 Å². The van der Waals surface area contributed by atoms with Gasteiger partial charge in [0.2, 0.25) is 0 Å². The van der Waals surface area contributed by atoms with Gasteiger partial charge in [-0.25, -0.2) is 0 Å². The van der Waals surface area contributed by atoms with E-state index in [1.807, 2.05) is 18.3 Å². The second-order valence-corrected chi connectivity index (χ2v) is 4.74. The molecule has 2 atom stereocenters. The van der Waals surface area contributed by atoms with E-state index < -0.39 is 0 Å². The third-order valence-electron chi connectivity index (χ3n) is 3.66. The number of pyridine rings is 1. The molecule has 88 valence electrons. The fourth-order valence-electron chi connectivity index (χ4n) is 2.29. The van der Waals surface area contributed by atoms with E-state index in [1.54, 1.807) is 0 Å². The number of likely N-dealkylation sites (N-methyl/N-ethyl adjacent to an activating group) is 1. The second kappa shape index (κ2) is 4.93. The molecule has 16 heavy (non-hydrogen) atoms. The van der Waals surface area contributed by atoms with Crippen molar-refractivity contribution in [2.24, 2.45) is 11.7 Å². The Morgan fingerprint density at radius 3 is 2.75 bits per heavy atom. The Hall–Kier alpha value is -0.930. The van der Waals surface area contributed by atoms with E-state index in [1.165, 1.54) is 12.8 Å². The maximum absolute atomic E-state index is 5.87. The van der Waals surface area contributed by atoms with Crippen LogP contribution in [0.15, 0.2) is 24.4 Å². The van der Waals surface area contributed by atoms with Crippen molar-refractivity contribution in [1.29, 1.82) is 0 Å². The van der Waals surface area contributed by atoms with Crippen LogP contribution in [0.5, 0.6) is 0 Å². The average molecular weight is 219 g/mol. The molecule has 2 N–H and O–H groups in total. The van der Waals surface area contributed by atoms with Crippen LogP contribution in [0.25, 0.3) is 0 Å². The molecular formula is C13H21N3. The van der Waals surface area contributed by atoms with Crippen LogP contribution in [0.2, 0.25) is 0 Å². The first-order valence-electron chi connectivity index (χ1n) is 6.07. The minimum Gasteiger partial charge on any atom is -0.329 e. The van der Waals surface area contributed by atoms with Crippen LogP contribution in [-0.2, 0) is 0 Å². The quantitative estimate of drug-likeness (QED) is 0.821. The minimum absolute atomic E-state index is 0.343. The maximum atomic E-state index is 5.87. The van der Waals surface area contributed by atoms with E-state index in [-0.39, 0.29) is 0 Å². The molecule has 0 bridgehead atoms. The first kappa shape index (κ1) is 11.6. The van der Waals surface area contributed by atoms with Crippen molar-refractivity contribution in [3.63, 3.8) is 0 Å². The lowest BCUT2D eigenvalue weighted by Gasteiger charge is -2.32. The van der Waals surface area contributed by atoms with Crippen LogP contribution < -0.4 is 5.73 Å². The van der Waals surface area contributed by atoms with E-state index in [2.05, 4.69) is 29.9 Å². The monoisotopic (exact) mass is 219 g/mol. The summed E-state index contributed by atoms with van der Waals surface area (Å²) in [6, 6.07) is 6.94. The number of aromatic nitrogens is 1. The summed E-state index contributed by atoms with van der Waals surface area (Å²) < 4.78 is 0. The van der Waals surface area contributed by atoms with Crippen molar-refractivity contribution in [2.75, 3.05) is 13.6 Å². The van der Waals surface area contributed by atoms with Gasteiger partial charge in [0.05, 0.1) is 5.69 Å². The number of nitrogens with zero attached hydrogens (tertiary/aromatic N) is 2. The molecular weight excluding hydrogens is 198 g/mol. The fourth-order valence-corrected chi connectivity index (χ4v) is 2.29. The molecule has 2 unspecified atom stereocenters. The Balaban J connectivity index is 2.05. The van der Waals surface area contributed by atoms with Gasteiger partial charge in [-0.15, -0.1) is 0 Å². The molecule has 1 saturated carbocycles. The van der Waals surface area contributed by atoms with Gasteiger partial charge in [0.15, 0.2) is 0 Å². The molecule has 2 rings (SSSR count). The molecule has 0 saturated heterocycles. The van der Waals surface area contributed by atoms with Gasteiger partial charge in [0, 0.05) is 24.8 Å². The number of nitrogens with two attached hydrogens (primary N) is 1. The molecule has 0 radical (unpaired) electrons. The first-order valence-corrected chi connectivity index (χ1v) is 6.07. The van der Waals surface area contributed by atoms with Crippen molar-refractivity contribution in [1.82, 2.24) is 9.88 Å². The van der Waals surface area contributed by atoms with Crippen LogP contribution in [-0.4, -0.2) is 29.5 Å². The SMILES string of the molecule is CC(c1ccccn1)N(C)C(CN)C1CC1. The molecule has 1 heterocycles. The summed E-state index contributed by atoms with van der Waals surface area (Å²) in [7, 11) is 2.16. The highest BCUT2D eigenvalue weighted by molar-refractivity contribution is 5.08. The zero-order valence-corrected chi connectivity index (χ0v) is 10.1. The van der Waals surface area contributed by atoms with Gasteiger partial charge in [-0.3, -0.25) is 9.88 Å². The molecule has 1 fully saturated rings. The lowest BCUT2D eigenvalue weighted by Crippen LogP contribution is -2.41. The third kappa shape index (κ3) is 2.42. The van der Waals surface area contributed by atoms with Gasteiger partial charge < -0.3 is 5.73 Å². The van der Waals surface area contributed by atoms with Gasteiger partial charge >= 0.3 is 0 Å². The topological polar surface area (TPSA) is 42.2 Å². The predicted octanol–water partition coefficient (Wildman–Crippen LogP) is 1.81. The van der Waals surface area contributed by atoms with Gasteiger partial charge in [-0.2, -0.15) is 0 Å². The van der Waals surface area contributed by atoms with Gasteiger partial charge in [-0.1, -0.05) is 6.07 Å². The Morgan fingerprint density at radius 2 is 2.25 bits per heavy atom. The Kier molecular flexibility index (Phi) is 3.56. The third-order valence-corrected chi connectivity index (χ3v) is 3.66. The predicted molar refractivity (Wildman–Crippen MR) is 66.0 cm³/mol. The molecule has 0 amide bonds. The zero-order chi connectivity index (χ0) is 11.5. The average Bonchev–Trinajstić information content (AvgIpc) is 3.14. The normalized spacial score (nSPS) is 19.8. The highest BCUT2D eigenvalue weighted by Gasteiger charge is 2.34. The van der Waals surface area contributed by atoms with Crippen LogP contribution >= 0.6 is 0 Å². The van der Waals surface area contributed by atoms with Crippen molar-refractivity contribution >= 4 is 0 Å². The van der Waals surface area contributed by atoms with Crippen LogP contribution in [0.1, 0.15) is 31.5 Å². The molecule has 1 aromatic heterocycles. The Morgan fingerprint density at radius 1 is 1.50 bits per heavy atom. The van der Waals surface area contributed by atoms with Gasteiger partial charge in [-0.05, 0) is 44.9 Å². The maximum Gasteiger partial charge on any atom is 0.0572 e. The summed E-state index contributed by atoms with van der Waals surface area (Å²) in [4.78, 5) is 6.79. The minimum atomic E-state index is 0.343. The number of hydrogen-bond acceptors (Lipinski definition) is 3. The fraction of sp³-hybridized carbons (Fsp3) is 0.615. The summed E-state index contributed by atoms with van der Waals surface area (Å²) in [5, 5.41) is 0. The summed E-state index contributed by atoms with van der Waals surface area (Å²) >= 11 is 0. The Labute approximate surface area is 97.7 Å². The lowest BCUT2D eigenvalue weighted by atomic mass is 10.1. The molecule has 1 aliphatic rings. The number of hydrogen-bond donors (Lipinski definition) is 1. The van der Waals surface area contributed by atoms with Crippen molar-refractivity contribution in [3.8, 4) is 0 Å². The standard InChI is InChI=1S/C13H21N3/c1-10(12-5-3-4-8-15-12)16(2)13(9-14)11-6-7-11/h3-5,8,10-11,13H,6-7,9,14H2,1-2H3.